The van der Waals surface area contributed by atoms with E-state index in [1.807, 2.05) is 0 Å². The maximum atomic E-state index is 13.2. The average molecular weight is 315 g/mol. The predicted molar refractivity (Wildman–Crippen MR) is 76.8 cm³/mol. The lowest BCUT2D eigenvalue weighted by Gasteiger charge is -2.39. The molecule has 1 aliphatic rings. The van der Waals surface area contributed by atoms with Crippen molar-refractivity contribution in [2.45, 2.75) is 13.0 Å². The number of rotatable bonds is 3. The third kappa shape index (κ3) is 3.16. The van der Waals surface area contributed by atoms with Gasteiger partial charge < -0.3 is 14.5 Å². The van der Waals surface area contributed by atoms with E-state index >= 15 is 0 Å². The van der Waals surface area contributed by atoms with Gasteiger partial charge in [0.15, 0.2) is 0 Å². The molecule has 0 saturated carbocycles. The van der Waals surface area contributed by atoms with Gasteiger partial charge in [0.1, 0.15) is 18.5 Å². The zero-order valence-corrected chi connectivity index (χ0v) is 12.6. The van der Waals surface area contributed by atoms with E-state index in [1.54, 1.807) is 6.92 Å². The minimum atomic E-state index is -0.592. The number of benzene rings is 1. The van der Waals surface area contributed by atoms with Gasteiger partial charge in [0.05, 0.1) is 5.02 Å². The van der Waals surface area contributed by atoms with Gasteiger partial charge in [-0.25, -0.2) is 4.39 Å². The molecule has 0 bridgehead atoms. The fraction of sp³-hybridized carbons (Fsp3) is 0.429. The highest BCUT2D eigenvalue weighted by Gasteiger charge is 2.34. The van der Waals surface area contributed by atoms with E-state index in [4.69, 9.17) is 16.3 Å². The van der Waals surface area contributed by atoms with E-state index in [1.165, 1.54) is 35.1 Å². The summed E-state index contributed by atoms with van der Waals surface area (Å²) in [4.78, 5) is 27.2. The van der Waals surface area contributed by atoms with Crippen molar-refractivity contribution in [2.24, 2.45) is 0 Å². The Morgan fingerprint density at radius 3 is 2.81 bits per heavy atom. The van der Waals surface area contributed by atoms with Crippen molar-refractivity contribution >= 4 is 29.1 Å². The van der Waals surface area contributed by atoms with Gasteiger partial charge in [0, 0.05) is 25.9 Å². The number of methoxy groups -OCH3 is 1. The molecule has 21 heavy (non-hydrogen) atoms. The molecule has 1 atom stereocenters. The SMILES string of the molecule is COCC(=O)N1CCN(c2ccc(F)c(Cl)c2)C(=O)[C@@H]1C. The molecule has 1 heterocycles. The number of ether oxygens (including phenoxy) is 1. The predicted octanol–water partition coefficient (Wildman–Crippen LogP) is 1.69. The molecule has 0 aromatic heterocycles. The molecular formula is C14H16ClFN2O3. The molecule has 0 aliphatic carbocycles. The van der Waals surface area contributed by atoms with E-state index in [0.717, 1.165) is 0 Å². The van der Waals surface area contributed by atoms with Gasteiger partial charge in [-0.3, -0.25) is 9.59 Å². The zero-order valence-electron chi connectivity index (χ0n) is 11.8. The third-order valence-electron chi connectivity index (χ3n) is 3.46. The van der Waals surface area contributed by atoms with Crippen LogP contribution in [0.2, 0.25) is 5.02 Å². The molecule has 0 unspecified atom stereocenters. The van der Waals surface area contributed by atoms with Crippen LogP contribution >= 0.6 is 11.6 Å². The fourth-order valence-corrected chi connectivity index (χ4v) is 2.50. The summed E-state index contributed by atoms with van der Waals surface area (Å²) in [6.07, 6.45) is 0. The van der Waals surface area contributed by atoms with Gasteiger partial charge in [-0.1, -0.05) is 11.6 Å². The van der Waals surface area contributed by atoms with Crippen molar-refractivity contribution in [3.05, 3.63) is 29.0 Å². The van der Waals surface area contributed by atoms with Crippen LogP contribution in [0.1, 0.15) is 6.92 Å². The van der Waals surface area contributed by atoms with Gasteiger partial charge >= 0.3 is 0 Å². The van der Waals surface area contributed by atoms with Crippen LogP contribution in [0.25, 0.3) is 0 Å². The van der Waals surface area contributed by atoms with Crippen molar-refractivity contribution in [1.82, 2.24) is 4.90 Å². The second-order valence-corrected chi connectivity index (χ2v) is 5.19. The zero-order chi connectivity index (χ0) is 15.6. The van der Waals surface area contributed by atoms with E-state index in [0.29, 0.717) is 18.8 Å². The summed E-state index contributed by atoms with van der Waals surface area (Å²) in [7, 11) is 1.43. The molecule has 0 spiro atoms. The van der Waals surface area contributed by atoms with Crippen LogP contribution in [-0.4, -0.2) is 49.6 Å². The number of carbonyl (C=O) groups excluding carboxylic acids is 2. The minimum Gasteiger partial charge on any atom is -0.375 e. The van der Waals surface area contributed by atoms with Gasteiger partial charge in [0.25, 0.3) is 0 Å². The summed E-state index contributed by atoms with van der Waals surface area (Å²) in [5, 5.41) is -0.0363. The molecule has 2 amide bonds. The Balaban J connectivity index is 2.17. The topological polar surface area (TPSA) is 49.9 Å². The second-order valence-electron chi connectivity index (χ2n) is 4.78. The first-order valence-corrected chi connectivity index (χ1v) is 6.88. The number of piperazine rings is 1. The highest BCUT2D eigenvalue weighted by atomic mass is 35.5. The maximum Gasteiger partial charge on any atom is 0.249 e. The number of anilines is 1. The second kappa shape index (κ2) is 6.41. The Morgan fingerprint density at radius 1 is 1.48 bits per heavy atom. The molecule has 0 radical (unpaired) electrons. The number of hydrogen-bond acceptors (Lipinski definition) is 3. The van der Waals surface area contributed by atoms with Crippen LogP contribution in [0.15, 0.2) is 18.2 Å². The van der Waals surface area contributed by atoms with Crippen molar-refractivity contribution < 1.29 is 18.7 Å². The Bertz CT molecular complexity index is 567. The maximum absolute atomic E-state index is 13.2. The Kier molecular flexibility index (Phi) is 4.80. The molecule has 0 N–H and O–H groups in total. The molecule has 5 nitrogen and oxygen atoms in total. The standard InChI is InChI=1S/C14H16ClFN2O3/c1-9-14(20)18(6-5-17(9)13(19)8-21-2)10-3-4-12(16)11(15)7-10/h3-4,7,9H,5-6,8H2,1-2H3/t9-/m0/s1. The average Bonchev–Trinajstić information content (AvgIpc) is 2.45. The van der Waals surface area contributed by atoms with Crippen molar-refractivity contribution in [2.75, 3.05) is 31.7 Å². The Labute approximate surface area is 127 Å². The summed E-state index contributed by atoms with van der Waals surface area (Å²) < 4.78 is 18.0. The first kappa shape index (κ1) is 15.7. The number of halogens is 2. The van der Waals surface area contributed by atoms with E-state index in [2.05, 4.69) is 0 Å². The molecule has 1 aromatic rings. The number of amides is 2. The summed E-state index contributed by atoms with van der Waals surface area (Å²) in [6.45, 7) is 2.33. The fourth-order valence-electron chi connectivity index (χ4n) is 2.33. The van der Waals surface area contributed by atoms with Crippen LogP contribution < -0.4 is 4.90 Å². The van der Waals surface area contributed by atoms with Crippen LogP contribution in [0, 0.1) is 5.82 Å². The lowest BCUT2D eigenvalue weighted by atomic mass is 10.1. The van der Waals surface area contributed by atoms with E-state index < -0.39 is 11.9 Å². The van der Waals surface area contributed by atoms with Crippen molar-refractivity contribution in [1.29, 1.82) is 0 Å². The summed E-state index contributed by atoms with van der Waals surface area (Å²) in [5.74, 6) is -0.988. The van der Waals surface area contributed by atoms with Crippen LogP contribution in [-0.2, 0) is 14.3 Å². The highest BCUT2D eigenvalue weighted by Crippen LogP contribution is 2.25. The molecule has 114 valence electrons. The Hall–Kier alpha value is -1.66. The summed E-state index contributed by atoms with van der Waals surface area (Å²) >= 11 is 5.74. The monoisotopic (exact) mass is 314 g/mol. The molecule has 1 saturated heterocycles. The molecular weight excluding hydrogens is 299 g/mol. The minimum absolute atomic E-state index is 0.0363. The highest BCUT2D eigenvalue weighted by molar-refractivity contribution is 6.31. The molecule has 2 rings (SSSR count). The van der Waals surface area contributed by atoms with Crippen molar-refractivity contribution in [3.63, 3.8) is 0 Å². The molecule has 1 fully saturated rings. The largest absolute Gasteiger partial charge is 0.375 e. The first-order valence-electron chi connectivity index (χ1n) is 6.50. The molecule has 1 aromatic carbocycles. The van der Waals surface area contributed by atoms with Crippen LogP contribution in [0.5, 0.6) is 0 Å². The Morgan fingerprint density at radius 2 is 2.19 bits per heavy atom. The van der Waals surface area contributed by atoms with Crippen LogP contribution in [0.4, 0.5) is 10.1 Å². The smallest absolute Gasteiger partial charge is 0.249 e. The number of carbonyl (C=O) groups is 2. The van der Waals surface area contributed by atoms with Gasteiger partial charge in [-0.05, 0) is 25.1 Å². The lowest BCUT2D eigenvalue weighted by molar-refractivity contribution is -0.143. The summed E-state index contributed by atoms with van der Waals surface area (Å²) in [5.41, 5.74) is 0.525. The van der Waals surface area contributed by atoms with Gasteiger partial charge in [0.2, 0.25) is 11.8 Å². The number of hydrogen-bond donors (Lipinski definition) is 0. The van der Waals surface area contributed by atoms with E-state index in [9.17, 15) is 14.0 Å². The number of nitrogens with zero attached hydrogens (tertiary/aromatic N) is 2. The summed E-state index contributed by atoms with van der Waals surface area (Å²) in [6, 6.07) is 3.54. The lowest BCUT2D eigenvalue weighted by Crippen LogP contribution is -2.58. The van der Waals surface area contributed by atoms with Gasteiger partial charge in [-0.2, -0.15) is 0 Å². The normalized spacial score (nSPS) is 19.0. The van der Waals surface area contributed by atoms with Crippen molar-refractivity contribution in [3.8, 4) is 0 Å². The van der Waals surface area contributed by atoms with Crippen LogP contribution in [0.3, 0.4) is 0 Å². The molecule has 7 heteroatoms. The quantitative estimate of drug-likeness (QED) is 0.853. The first-order chi connectivity index (χ1) is 9.95. The molecule has 1 aliphatic heterocycles. The van der Waals surface area contributed by atoms with Gasteiger partial charge in [-0.15, -0.1) is 0 Å². The third-order valence-corrected chi connectivity index (χ3v) is 3.75. The van der Waals surface area contributed by atoms with E-state index in [-0.39, 0.29) is 23.4 Å².